The third-order valence-electron chi connectivity index (χ3n) is 8.32. The minimum atomic E-state index is -0.524. The summed E-state index contributed by atoms with van der Waals surface area (Å²) < 4.78 is 22.9. The molecule has 9 nitrogen and oxygen atoms in total. The smallest absolute Gasteiger partial charge is 0.410 e. The lowest BCUT2D eigenvalue weighted by atomic mass is 9.93. The second-order valence-electron chi connectivity index (χ2n) is 12.8. The maximum atomic E-state index is 12.7. The molecule has 0 bridgehead atoms. The van der Waals surface area contributed by atoms with E-state index >= 15 is 0 Å². The number of carbonyl (C=O) groups is 2. The van der Waals surface area contributed by atoms with Gasteiger partial charge in [0.1, 0.15) is 23.8 Å². The van der Waals surface area contributed by atoms with E-state index in [-0.39, 0.29) is 18.1 Å². The molecule has 1 amide bonds. The molecule has 1 aromatic heterocycles. The molecule has 0 fully saturated rings. The number of ether oxygens (including phenoxy) is 4. The number of aryl methyl sites for hydroxylation is 2. The number of methoxy groups -OCH3 is 1. The Morgan fingerprint density at radius 2 is 1.83 bits per heavy atom. The summed E-state index contributed by atoms with van der Waals surface area (Å²) in [5.74, 6) is 1.17. The molecule has 2 aliphatic rings. The molecule has 2 aliphatic heterocycles. The maximum Gasteiger partial charge on any atom is 0.410 e. The van der Waals surface area contributed by atoms with Crippen molar-refractivity contribution >= 4 is 17.9 Å². The highest BCUT2D eigenvalue weighted by molar-refractivity contribution is 5.92. The Kier molecular flexibility index (Phi) is 10.0. The quantitative estimate of drug-likeness (QED) is 0.247. The molecule has 0 unspecified atom stereocenters. The Labute approximate surface area is 272 Å². The SMILES string of the molecule is CCOC[C@@H]1C(C(=O)OC)=CCN1c1cccc(-c2cccc(C)c2OCc2cc(C)c3c(c2)CCN(C(=O)OC(C)(C)C)C3)n1. The fourth-order valence-corrected chi connectivity index (χ4v) is 6.07. The monoisotopic (exact) mass is 627 g/mol. The first-order chi connectivity index (χ1) is 22.0. The van der Waals surface area contributed by atoms with Crippen LogP contribution >= 0.6 is 0 Å². The molecule has 0 spiro atoms. The molecule has 46 heavy (non-hydrogen) atoms. The van der Waals surface area contributed by atoms with Crippen molar-refractivity contribution in [3.8, 4) is 17.0 Å². The van der Waals surface area contributed by atoms with Gasteiger partial charge in [0.2, 0.25) is 0 Å². The van der Waals surface area contributed by atoms with E-state index in [1.807, 2.05) is 77.1 Å². The van der Waals surface area contributed by atoms with Crippen LogP contribution in [-0.4, -0.2) is 67.0 Å². The van der Waals surface area contributed by atoms with Crippen LogP contribution in [0.1, 0.15) is 55.5 Å². The average molecular weight is 628 g/mol. The number of anilines is 1. The van der Waals surface area contributed by atoms with Gasteiger partial charge < -0.3 is 28.7 Å². The van der Waals surface area contributed by atoms with Crippen LogP contribution in [0, 0.1) is 13.8 Å². The molecule has 5 rings (SSSR count). The van der Waals surface area contributed by atoms with Gasteiger partial charge in [-0.2, -0.15) is 0 Å². The summed E-state index contributed by atoms with van der Waals surface area (Å²) in [7, 11) is 1.40. The van der Waals surface area contributed by atoms with Gasteiger partial charge in [-0.15, -0.1) is 0 Å². The lowest BCUT2D eigenvalue weighted by molar-refractivity contribution is -0.136. The first-order valence-corrected chi connectivity index (χ1v) is 15.9. The number of pyridine rings is 1. The molecule has 0 radical (unpaired) electrons. The number of aromatic nitrogens is 1. The van der Waals surface area contributed by atoms with Crippen molar-refractivity contribution in [1.29, 1.82) is 0 Å². The highest BCUT2D eigenvalue weighted by atomic mass is 16.6. The summed E-state index contributed by atoms with van der Waals surface area (Å²) in [5, 5.41) is 0. The molecule has 9 heteroatoms. The maximum absolute atomic E-state index is 12.7. The third kappa shape index (κ3) is 7.36. The third-order valence-corrected chi connectivity index (χ3v) is 8.32. The van der Waals surface area contributed by atoms with Crippen molar-refractivity contribution in [2.24, 2.45) is 0 Å². The number of hydrogen-bond donors (Lipinski definition) is 0. The second kappa shape index (κ2) is 14.0. The van der Waals surface area contributed by atoms with Crippen LogP contribution in [0.15, 0.2) is 60.2 Å². The second-order valence-corrected chi connectivity index (χ2v) is 12.8. The van der Waals surface area contributed by atoms with E-state index in [0.717, 1.165) is 45.9 Å². The van der Waals surface area contributed by atoms with Crippen molar-refractivity contribution in [3.63, 3.8) is 0 Å². The first kappa shape index (κ1) is 33.0. The van der Waals surface area contributed by atoms with Crippen LogP contribution in [0.2, 0.25) is 0 Å². The predicted octanol–water partition coefficient (Wildman–Crippen LogP) is 6.56. The zero-order chi connectivity index (χ0) is 33.0. The van der Waals surface area contributed by atoms with Gasteiger partial charge in [0, 0.05) is 31.8 Å². The topological polar surface area (TPSA) is 90.4 Å². The Morgan fingerprint density at radius 1 is 1.04 bits per heavy atom. The van der Waals surface area contributed by atoms with Gasteiger partial charge in [-0.3, -0.25) is 0 Å². The van der Waals surface area contributed by atoms with Crippen molar-refractivity contribution < 1.29 is 28.5 Å². The van der Waals surface area contributed by atoms with Gasteiger partial charge in [0.25, 0.3) is 0 Å². The molecule has 1 atom stereocenters. The minimum absolute atomic E-state index is 0.274. The number of benzene rings is 2. The number of nitrogens with zero attached hydrogens (tertiary/aromatic N) is 3. The van der Waals surface area contributed by atoms with Gasteiger partial charge in [-0.25, -0.2) is 14.6 Å². The Hall–Kier alpha value is -4.37. The minimum Gasteiger partial charge on any atom is -0.488 e. The van der Waals surface area contributed by atoms with Crippen LogP contribution in [-0.2, 0) is 38.6 Å². The van der Waals surface area contributed by atoms with E-state index in [1.54, 1.807) is 4.90 Å². The molecular weight excluding hydrogens is 582 g/mol. The van der Waals surface area contributed by atoms with Crippen molar-refractivity contribution in [2.75, 3.05) is 38.3 Å². The van der Waals surface area contributed by atoms with Crippen molar-refractivity contribution in [3.05, 3.63) is 88.0 Å². The highest BCUT2D eigenvalue weighted by Gasteiger charge is 2.33. The normalized spacial score (nSPS) is 16.2. The molecule has 3 heterocycles. The summed E-state index contributed by atoms with van der Waals surface area (Å²) in [5.41, 5.74) is 7.37. The van der Waals surface area contributed by atoms with Crippen molar-refractivity contribution in [1.82, 2.24) is 9.88 Å². The molecule has 0 aliphatic carbocycles. The van der Waals surface area contributed by atoms with Crippen LogP contribution in [0.25, 0.3) is 11.3 Å². The molecule has 3 aromatic rings. The standard InChI is InChI=1S/C37H45N3O6/c1-8-44-23-32-29(35(41)43-7)16-18-40(32)33-14-10-13-31(38-33)28-12-9-11-24(2)34(28)45-22-26-19-25(3)30-21-39(17-15-27(30)20-26)36(42)46-37(4,5)6/h9-14,16,19-20,32H,8,15,17-18,21-23H2,1-7H3/t32-/m1/s1. The fraction of sp³-hybridized carbons (Fsp3) is 0.432. The van der Waals surface area contributed by atoms with Gasteiger partial charge in [-0.1, -0.05) is 36.4 Å². The summed E-state index contributed by atoms with van der Waals surface area (Å²) in [6, 6.07) is 16.0. The highest BCUT2D eigenvalue weighted by Crippen LogP contribution is 2.35. The van der Waals surface area contributed by atoms with Crippen LogP contribution in [0.3, 0.4) is 0 Å². The molecule has 2 aromatic carbocycles. The molecular formula is C37H45N3O6. The average Bonchev–Trinajstić information content (AvgIpc) is 3.45. The summed E-state index contributed by atoms with van der Waals surface area (Å²) in [6.45, 7) is 14.7. The largest absolute Gasteiger partial charge is 0.488 e. The Balaban J connectivity index is 1.35. The van der Waals surface area contributed by atoms with Gasteiger partial charge in [-0.05, 0) is 94.0 Å². The van der Waals surface area contributed by atoms with E-state index < -0.39 is 5.60 Å². The number of para-hydroxylation sites is 1. The van der Waals surface area contributed by atoms with E-state index in [0.29, 0.717) is 45.0 Å². The van der Waals surface area contributed by atoms with E-state index in [9.17, 15) is 9.59 Å². The van der Waals surface area contributed by atoms with E-state index in [4.69, 9.17) is 23.9 Å². The lowest BCUT2D eigenvalue weighted by Crippen LogP contribution is -2.40. The summed E-state index contributed by atoms with van der Waals surface area (Å²) in [4.78, 5) is 34.1. The fourth-order valence-electron chi connectivity index (χ4n) is 6.07. The van der Waals surface area contributed by atoms with Crippen LogP contribution in [0.5, 0.6) is 5.75 Å². The molecule has 0 saturated carbocycles. The zero-order valence-corrected chi connectivity index (χ0v) is 28.0. The van der Waals surface area contributed by atoms with Gasteiger partial charge >= 0.3 is 12.1 Å². The summed E-state index contributed by atoms with van der Waals surface area (Å²) >= 11 is 0. The van der Waals surface area contributed by atoms with Crippen LogP contribution in [0.4, 0.5) is 10.6 Å². The van der Waals surface area contributed by atoms with Gasteiger partial charge in [0.15, 0.2) is 0 Å². The number of carbonyl (C=O) groups excluding carboxylic acids is 2. The lowest BCUT2D eigenvalue weighted by Gasteiger charge is -2.32. The number of hydrogen-bond acceptors (Lipinski definition) is 8. The number of esters is 1. The molecule has 244 valence electrons. The number of amides is 1. The number of fused-ring (bicyclic) bond motifs is 1. The van der Waals surface area contributed by atoms with Crippen molar-refractivity contribution in [2.45, 2.75) is 72.8 Å². The van der Waals surface area contributed by atoms with E-state index in [1.165, 1.54) is 18.2 Å². The predicted molar refractivity (Wildman–Crippen MR) is 178 cm³/mol. The van der Waals surface area contributed by atoms with Crippen LogP contribution < -0.4 is 9.64 Å². The van der Waals surface area contributed by atoms with Gasteiger partial charge in [0.05, 0.1) is 31.0 Å². The van der Waals surface area contributed by atoms with E-state index in [2.05, 4.69) is 24.0 Å². The Bertz CT molecular complexity index is 1630. The molecule has 0 saturated heterocycles. The zero-order valence-electron chi connectivity index (χ0n) is 28.0. The molecule has 0 N–H and O–H groups in total. The summed E-state index contributed by atoms with van der Waals surface area (Å²) in [6.07, 6.45) is 2.38. The first-order valence-electron chi connectivity index (χ1n) is 15.9. The number of rotatable bonds is 9. The Morgan fingerprint density at radius 3 is 2.57 bits per heavy atom.